The van der Waals surface area contributed by atoms with Crippen molar-refractivity contribution in [1.82, 2.24) is 4.72 Å². The van der Waals surface area contributed by atoms with Crippen molar-refractivity contribution in [2.75, 3.05) is 11.9 Å². The zero-order valence-electron chi connectivity index (χ0n) is 18.3. The SMILES string of the molecule is O=C(COC(=O)/C=C/c1ccc(S(=O)(=O)NCc2ccco2)cc1)Nc1ccc2c(c1)CCC2. The second-order valence-corrected chi connectivity index (χ2v) is 9.57. The minimum absolute atomic E-state index is 0.0445. The molecular formula is C25H24N2O6S. The van der Waals surface area contributed by atoms with E-state index in [2.05, 4.69) is 10.0 Å². The predicted octanol–water partition coefficient (Wildman–Crippen LogP) is 3.44. The summed E-state index contributed by atoms with van der Waals surface area (Å²) in [6, 6.07) is 15.1. The van der Waals surface area contributed by atoms with E-state index in [0.29, 0.717) is 17.0 Å². The second kappa shape index (κ2) is 10.5. The number of ether oxygens (including phenoxy) is 1. The number of nitrogens with one attached hydrogen (secondary N) is 2. The first-order valence-electron chi connectivity index (χ1n) is 10.8. The van der Waals surface area contributed by atoms with E-state index in [-0.39, 0.29) is 11.4 Å². The van der Waals surface area contributed by atoms with Crippen LogP contribution in [-0.2, 0) is 43.7 Å². The van der Waals surface area contributed by atoms with Crippen molar-refractivity contribution in [3.8, 4) is 0 Å². The molecule has 0 saturated carbocycles. The molecule has 176 valence electrons. The van der Waals surface area contributed by atoms with Gasteiger partial charge in [0, 0.05) is 11.8 Å². The molecule has 0 fully saturated rings. The van der Waals surface area contributed by atoms with Gasteiger partial charge in [-0.25, -0.2) is 17.9 Å². The molecule has 2 N–H and O–H groups in total. The number of benzene rings is 2. The molecule has 4 rings (SSSR count). The van der Waals surface area contributed by atoms with Gasteiger partial charge < -0.3 is 14.5 Å². The number of hydrogen-bond acceptors (Lipinski definition) is 6. The van der Waals surface area contributed by atoms with Crippen LogP contribution in [0, 0.1) is 0 Å². The van der Waals surface area contributed by atoms with Gasteiger partial charge in [0.1, 0.15) is 5.76 Å². The van der Waals surface area contributed by atoms with Gasteiger partial charge >= 0.3 is 5.97 Å². The van der Waals surface area contributed by atoms with Crippen LogP contribution < -0.4 is 10.0 Å². The number of aryl methyl sites for hydroxylation is 2. The van der Waals surface area contributed by atoms with Crippen molar-refractivity contribution in [2.45, 2.75) is 30.7 Å². The van der Waals surface area contributed by atoms with Gasteiger partial charge in [-0.05, 0) is 78.4 Å². The number of furan rings is 1. The number of amides is 1. The fraction of sp³-hybridized carbons (Fsp3) is 0.200. The van der Waals surface area contributed by atoms with Gasteiger partial charge in [0.15, 0.2) is 6.61 Å². The molecule has 0 spiro atoms. The van der Waals surface area contributed by atoms with Crippen molar-refractivity contribution >= 4 is 33.7 Å². The lowest BCUT2D eigenvalue weighted by Gasteiger charge is -2.07. The standard InChI is InChI=1S/C25H24N2O6S/c28-24(27-21-10-9-19-3-1-4-20(19)15-21)17-33-25(29)13-8-18-6-11-23(12-7-18)34(30,31)26-16-22-5-2-14-32-22/h2,5-15,26H,1,3-4,16-17H2,(H,27,28)/b13-8+. The van der Waals surface area contributed by atoms with Gasteiger partial charge in [0.05, 0.1) is 17.7 Å². The third-order valence-electron chi connectivity index (χ3n) is 5.35. The van der Waals surface area contributed by atoms with E-state index in [4.69, 9.17) is 9.15 Å². The summed E-state index contributed by atoms with van der Waals surface area (Å²) >= 11 is 0. The molecule has 34 heavy (non-hydrogen) atoms. The zero-order valence-corrected chi connectivity index (χ0v) is 19.1. The third-order valence-corrected chi connectivity index (χ3v) is 6.76. The Kier molecular flexibility index (Phi) is 7.24. The van der Waals surface area contributed by atoms with E-state index in [0.717, 1.165) is 19.3 Å². The predicted molar refractivity (Wildman–Crippen MR) is 126 cm³/mol. The molecule has 0 unspecified atom stereocenters. The van der Waals surface area contributed by atoms with Crippen molar-refractivity contribution in [3.63, 3.8) is 0 Å². The van der Waals surface area contributed by atoms with Gasteiger partial charge in [-0.3, -0.25) is 4.79 Å². The molecule has 2 aromatic carbocycles. The Morgan fingerprint density at radius 2 is 1.82 bits per heavy atom. The Balaban J connectivity index is 1.24. The highest BCUT2D eigenvalue weighted by atomic mass is 32.2. The topological polar surface area (TPSA) is 115 Å². The van der Waals surface area contributed by atoms with E-state index < -0.39 is 28.5 Å². The maximum absolute atomic E-state index is 12.4. The molecule has 0 aliphatic heterocycles. The highest BCUT2D eigenvalue weighted by Crippen LogP contribution is 2.24. The summed E-state index contributed by atoms with van der Waals surface area (Å²) in [5.41, 5.74) is 3.84. The van der Waals surface area contributed by atoms with Crippen molar-refractivity contribution in [1.29, 1.82) is 0 Å². The van der Waals surface area contributed by atoms with Gasteiger partial charge in [-0.2, -0.15) is 0 Å². The van der Waals surface area contributed by atoms with E-state index in [1.54, 1.807) is 24.3 Å². The summed E-state index contributed by atoms with van der Waals surface area (Å²) in [7, 11) is -3.70. The number of rotatable bonds is 9. The monoisotopic (exact) mass is 480 g/mol. The van der Waals surface area contributed by atoms with Gasteiger partial charge in [0.2, 0.25) is 10.0 Å². The van der Waals surface area contributed by atoms with Crippen LogP contribution in [-0.4, -0.2) is 26.9 Å². The molecule has 1 aliphatic rings. The van der Waals surface area contributed by atoms with E-state index in [1.807, 2.05) is 18.2 Å². The smallest absolute Gasteiger partial charge is 0.331 e. The molecule has 3 aromatic rings. The lowest BCUT2D eigenvalue weighted by atomic mass is 10.1. The Morgan fingerprint density at radius 1 is 1.03 bits per heavy atom. The quantitative estimate of drug-likeness (QED) is 0.358. The third kappa shape index (κ3) is 6.21. The van der Waals surface area contributed by atoms with Crippen LogP contribution in [0.5, 0.6) is 0 Å². The molecule has 0 radical (unpaired) electrons. The average molecular weight is 481 g/mol. The number of carbonyl (C=O) groups excluding carboxylic acids is 2. The number of hydrogen-bond donors (Lipinski definition) is 2. The fourth-order valence-electron chi connectivity index (χ4n) is 3.62. The van der Waals surface area contributed by atoms with E-state index in [9.17, 15) is 18.0 Å². The highest BCUT2D eigenvalue weighted by Gasteiger charge is 2.14. The first-order chi connectivity index (χ1) is 16.4. The zero-order chi connectivity index (χ0) is 24.0. The van der Waals surface area contributed by atoms with Crippen LogP contribution in [0.3, 0.4) is 0 Å². The number of esters is 1. The van der Waals surface area contributed by atoms with Gasteiger partial charge in [-0.1, -0.05) is 18.2 Å². The number of carbonyl (C=O) groups is 2. The summed E-state index contributed by atoms with van der Waals surface area (Å²) in [5, 5.41) is 2.73. The Bertz CT molecular complexity index is 1300. The minimum Gasteiger partial charge on any atom is -0.468 e. The molecule has 9 heteroatoms. The minimum atomic E-state index is -3.70. The summed E-state index contributed by atoms with van der Waals surface area (Å²) in [5.74, 6) is -0.597. The molecule has 1 heterocycles. The largest absolute Gasteiger partial charge is 0.468 e. The van der Waals surface area contributed by atoms with Gasteiger partial charge in [-0.15, -0.1) is 0 Å². The fourth-order valence-corrected chi connectivity index (χ4v) is 4.61. The van der Waals surface area contributed by atoms with Crippen LogP contribution >= 0.6 is 0 Å². The van der Waals surface area contributed by atoms with E-state index in [1.165, 1.54) is 41.7 Å². The van der Waals surface area contributed by atoms with Crippen LogP contribution in [0.1, 0.15) is 28.9 Å². The number of sulfonamides is 1. The lowest BCUT2D eigenvalue weighted by molar-refractivity contribution is -0.142. The van der Waals surface area contributed by atoms with Crippen molar-refractivity contribution in [2.24, 2.45) is 0 Å². The van der Waals surface area contributed by atoms with Crippen molar-refractivity contribution in [3.05, 3.63) is 89.4 Å². The summed E-state index contributed by atoms with van der Waals surface area (Å²) < 4.78 is 37.3. The van der Waals surface area contributed by atoms with Crippen molar-refractivity contribution < 1.29 is 27.2 Å². The normalized spacial score (nSPS) is 13.1. The Labute approximate surface area is 197 Å². The molecule has 0 atom stereocenters. The van der Waals surface area contributed by atoms with Crippen LogP contribution in [0.15, 0.2) is 76.2 Å². The summed E-state index contributed by atoms with van der Waals surface area (Å²) in [4.78, 5) is 24.1. The number of fused-ring (bicyclic) bond motifs is 1. The molecule has 0 saturated heterocycles. The molecule has 8 nitrogen and oxygen atoms in total. The molecule has 1 aliphatic carbocycles. The Morgan fingerprint density at radius 3 is 2.59 bits per heavy atom. The second-order valence-electron chi connectivity index (χ2n) is 7.80. The highest BCUT2D eigenvalue weighted by molar-refractivity contribution is 7.89. The van der Waals surface area contributed by atoms with Gasteiger partial charge in [0.25, 0.3) is 5.91 Å². The van der Waals surface area contributed by atoms with E-state index >= 15 is 0 Å². The molecule has 1 amide bonds. The van der Waals surface area contributed by atoms with Crippen LogP contribution in [0.25, 0.3) is 6.08 Å². The Hall–Kier alpha value is -3.69. The molecule has 1 aromatic heterocycles. The number of anilines is 1. The maximum atomic E-state index is 12.4. The molecular weight excluding hydrogens is 456 g/mol. The lowest BCUT2D eigenvalue weighted by Crippen LogP contribution is -2.22. The average Bonchev–Trinajstić information content (AvgIpc) is 3.52. The van der Waals surface area contributed by atoms with Crippen LogP contribution in [0.2, 0.25) is 0 Å². The summed E-state index contributed by atoms with van der Waals surface area (Å²) in [6.45, 7) is -0.359. The first kappa shape index (κ1) is 23.5. The first-order valence-corrected chi connectivity index (χ1v) is 12.3. The van der Waals surface area contributed by atoms with Crippen LogP contribution in [0.4, 0.5) is 5.69 Å². The molecule has 0 bridgehead atoms. The maximum Gasteiger partial charge on any atom is 0.331 e. The summed E-state index contributed by atoms with van der Waals surface area (Å²) in [6.07, 6.45) is 7.32.